The van der Waals surface area contributed by atoms with Crippen LogP contribution in [0.4, 0.5) is 0 Å². The molecule has 7 nitrogen and oxygen atoms in total. The van der Waals surface area contributed by atoms with Crippen LogP contribution in [0.3, 0.4) is 0 Å². The summed E-state index contributed by atoms with van der Waals surface area (Å²) in [6.45, 7) is 2.37. The lowest BCUT2D eigenvalue weighted by Gasteiger charge is -2.33. The van der Waals surface area contributed by atoms with Gasteiger partial charge in [-0.25, -0.2) is 13.2 Å². The van der Waals surface area contributed by atoms with Crippen molar-refractivity contribution in [2.24, 2.45) is 14.1 Å². The predicted octanol–water partition coefficient (Wildman–Crippen LogP) is 0.0372. The molecule has 1 aliphatic heterocycles. The zero-order valence-electron chi connectivity index (χ0n) is 12.6. The van der Waals surface area contributed by atoms with E-state index in [0.717, 1.165) is 34.6 Å². The van der Waals surface area contributed by atoms with Crippen LogP contribution in [0.1, 0.15) is 32.6 Å². The molecule has 1 atom stereocenters. The van der Waals surface area contributed by atoms with Gasteiger partial charge in [-0.15, -0.1) is 0 Å². The van der Waals surface area contributed by atoms with E-state index in [9.17, 15) is 18.0 Å². The Morgan fingerprint density at radius 2 is 1.90 bits per heavy atom. The van der Waals surface area contributed by atoms with E-state index in [1.165, 1.54) is 18.4 Å². The van der Waals surface area contributed by atoms with Gasteiger partial charge in [0.05, 0.1) is 0 Å². The van der Waals surface area contributed by atoms with E-state index in [0.29, 0.717) is 13.0 Å². The Morgan fingerprint density at radius 3 is 2.52 bits per heavy atom. The average Bonchev–Trinajstić information content (AvgIpc) is 2.48. The zero-order chi connectivity index (χ0) is 15.8. The van der Waals surface area contributed by atoms with Crippen molar-refractivity contribution >= 4 is 10.0 Å². The number of hydrogen-bond donors (Lipinski definition) is 0. The van der Waals surface area contributed by atoms with Gasteiger partial charge in [0.2, 0.25) is 10.0 Å². The lowest BCUT2D eigenvalue weighted by molar-refractivity contribution is 0.246. The second-order valence-corrected chi connectivity index (χ2v) is 7.28. The highest BCUT2D eigenvalue weighted by atomic mass is 32.2. The molecule has 0 radical (unpaired) electrons. The molecule has 0 aliphatic carbocycles. The molecule has 0 bridgehead atoms. The van der Waals surface area contributed by atoms with Crippen LogP contribution < -0.4 is 11.2 Å². The molecule has 2 rings (SSSR count). The van der Waals surface area contributed by atoms with Gasteiger partial charge in [-0.2, -0.15) is 4.31 Å². The summed E-state index contributed by atoms with van der Waals surface area (Å²) in [5, 5.41) is 0. The second-order valence-electron chi connectivity index (χ2n) is 5.42. The monoisotopic (exact) mass is 315 g/mol. The lowest BCUT2D eigenvalue weighted by atomic mass is 10.0. The highest BCUT2D eigenvalue weighted by molar-refractivity contribution is 7.89. The summed E-state index contributed by atoms with van der Waals surface area (Å²) in [6, 6.07) is -0.0781. The molecule has 1 aliphatic rings. The maximum Gasteiger partial charge on any atom is 0.330 e. The molecule has 1 aromatic rings. The zero-order valence-corrected chi connectivity index (χ0v) is 13.4. The predicted molar refractivity (Wildman–Crippen MR) is 78.7 cm³/mol. The summed E-state index contributed by atoms with van der Waals surface area (Å²) in [5.74, 6) is 0. The first-order valence-corrected chi connectivity index (χ1v) is 8.53. The summed E-state index contributed by atoms with van der Waals surface area (Å²) >= 11 is 0. The number of hydrogen-bond acceptors (Lipinski definition) is 4. The van der Waals surface area contributed by atoms with Crippen LogP contribution in [0.5, 0.6) is 0 Å². The quantitative estimate of drug-likeness (QED) is 0.788. The Labute approximate surface area is 123 Å². The van der Waals surface area contributed by atoms with Crippen molar-refractivity contribution in [1.82, 2.24) is 13.4 Å². The fourth-order valence-electron chi connectivity index (χ4n) is 2.78. The first-order valence-electron chi connectivity index (χ1n) is 7.09. The van der Waals surface area contributed by atoms with Gasteiger partial charge < -0.3 is 4.57 Å². The Kier molecular flexibility index (Phi) is 4.38. The molecule has 0 aromatic carbocycles. The molecule has 118 valence electrons. The fourth-order valence-corrected chi connectivity index (χ4v) is 4.69. The van der Waals surface area contributed by atoms with Gasteiger partial charge in [0.15, 0.2) is 4.90 Å². The molecule has 0 unspecified atom stereocenters. The molecule has 1 aromatic heterocycles. The summed E-state index contributed by atoms with van der Waals surface area (Å²) in [4.78, 5) is 23.5. The summed E-state index contributed by atoms with van der Waals surface area (Å²) < 4.78 is 29.0. The minimum Gasteiger partial charge on any atom is -0.302 e. The van der Waals surface area contributed by atoms with Crippen molar-refractivity contribution in [3.05, 3.63) is 27.0 Å². The topological polar surface area (TPSA) is 81.4 Å². The Bertz CT molecular complexity index is 748. The van der Waals surface area contributed by atoms with Crippen molar-refractivity contribution in [2.45, 2.75) is 43.5 Å². The van der Waals surface area contributed by atoms with E-state index in [-0.39, 0.29) is 10.9 Å². The Morgan fingerprint density at radius 1 is 1.24 bits per heavy atom. The maximum atomic E-state index is 12.8. The molecule has 0 spiro atoms. The Hall–Kier alpha value is -1.41. The van der Waals surface area contributed by atoms with E-state index in [4.69, 9.17) is 0 Å². The van der Waals surface area contributed by atoms with Gasteiger partial charge in [-0.05, 0) is 19.3 Å². The third kappa shape index (κ3) is 2.69. The third-order valence-electron chi connectivity index (χ3n) is 4.05. The van der Waals surface area contributed by atoms with Gasteiger partial charge in [-0.1, -0.05) is 13.3 Å². The largest absolute Gasteiger partial charge is 0.330 e. The van der Waals surface area contributed by atoms with E-state index < -0.39 is 21.3 Å². The van der Waals surface area contributed by atoms with Crippen molar-refractivity contribution in [3.63, 3.8) is 0 Å². The molecular weight excluding hydrogens is 294 g/mol. The van der Waals surface area contributed by atoms with Crippen LogP contribution in [0.15, 0.2) is 20.7 Å². The SMILES string of the molecule is CC[C@H]1CCCCN1S(=O)(=O)c1cn(C)c(=O)n(C)c1=O. The smallest absolute Gasteiger partial charge is 0.302 e. The lowest BCUT2D eigenvalue weighted by Crippen LogP contribution is -2.47. The van der Waals surface area contributed by atoms with Gasteiger partial charge in [0, 0.05) is 32.9 Å². The van der Waals surface area contributed by atoms with E-state index in [1.54, 1.807) is 0 Å². The second kappa shape index (κ2) is 5.76. The molecule has 21 heavy (non-hydrogen) atoms. The molecule has 8 heteroatoms. The van der Waals surface area contributed by atoms with Gasteiger partial charge >= 0.3 is 5.69 Å². The first kappa shape index (κ1) is 16.0. The summed E-state index contributed by atoms with van der Waals surface area (Å²) in [7, 11) is -1.15. The number of aromatic nitrogens is 2. The standard InChI is InChI=1S/C13H21N3O4S/c1-4-10-7-5-6-8-16(10)21(19,20)11-9-14(2)13(18)15(3)12(11)17/h9-10H,4-8H2,1-3H3/t10-/m0/s1. The van der Waals surface area contributed by atoms with Crippen LogP contribution in [0.2, 0.25) is 0 Å². The van der Waals surface area contributed by atoms with E-state index in [1.807, 2.05) is 6.92 Å². The molecule has 1 saturated heterocycles. The Balaban J connectivity index is 2.59. The van der Waals surface area contributed by atoms with Crippen LogP contribution in [0.25, 0.3) is 0 Å². The number of piperidine rings is 1. The summed E-state index contributed by atoms with van der Waals surface area (Å²) in [6.07, 6.45) is 4.44. The highest BCUT2D eigenvalue weighted by Crippen LogP contribution is 2.25. The highest BCUT2D eigenvalue weighted by Gasteiger charge is 2.34. The molecule has 0 saturated carbocycles. The molecule has 0 N–H and O–H groups in total. The minimum atomic E-state index is -3.88. The minimum absolute atomic E-state index is 0.0781. The number of nitrogens with zero attached hydrogens (tertiary/aromatic N) is 3. The van der Waals surface area contributed by atoms with Crippen LogP contribution in [0, 0.1) is 0 Å². The molecule has 2 heterocycles. The van der Waals surface area contributed by atoms with Crippen LogP contribution in [-0.4, -0.2) is 34.4 Å². The third-order valence-corrected chi connectivity index (χ3v) is 5.98. The van der Waals surface area contributed by atoms with Gasteiger partial charge in [-0.3, -0.25) is 9.36 Å². The molecule has 1 fully saturated rings. The van der Waals surface area contributed by atoms with Crippen molar-refractivity contribution in [3.8, 4) is 0 Å². The van der Waals surface area contributed by atoms with E-state index in [2.05, 4.69) is 0 Å². The molecule has 0 amide bonds. The van der Waals surface area contributed by atoms with Crippen LogP contribution in [-0.2, 0) is 24.1 Å². The molecular formula is C13H21N3O4S. The number of rotatable bonds is 3. The van der Waals surface area contributed by atoms with Gasteiger partial charge in [0.1, 0.15) is 0 Å². The van der Waals surface area contributed by atoms with Crippen molar-refractivity contribution in [1.29, 1.82) is 0 Å². The summed E-state index contributed by atoms with van der Waals surface area (Å²) in [5.41, 5.74) is -1.30. The maximum absolute atomic E-state index is 12.8. The first-order chi connectivity index (χ1) is 9.80. The fraction of sp³-hybridized carbons (Fsp3) is 0.692. The number of aryl methyl sites for hydroxylation is 1. The number of sulfonamides is 1. The van der Waals surface area contributed by atoms with Crippen LogP contribution >= 0.6 is 0 Å². The average molecular weight is 315 g/mol. The van der Waals surface area contributed by atoms with Gasteiger partial charge in [0.25, 0.3) is 5.56 Å². The van der Waals surface area contributed by atoms with Crippen molar-refractivity contribution in [2.75, 3.05) is 6.54 Å². The normalized spacial score (nSPS) is 20.6. The van der Waals surface area contributed by atoms with E-state index >= 15 is 0 Å². The van der Waals surface area contributed by atoms with Crippen molar-refractivity contribution < 1.29 is 8.42 Å².